The molecule has 49 heavy (non-hydrogen) atoms. The molecule has 0 aliphatic carbocycles. The van der Waals surface area contributed by atoms with E-state index in [-0.39, 0.29) is 19.4 Å². The highest BCUT2D eigenvalue weighted by Crippen LogP contribution is 2.43. The molecule has 0 fully saturated rings. The van der Waals surface area contributed by atoms with Crippen molar-refractivity contribution in [1.29, 1.82) is 0 Å². The Morgan fingerprint density at radius 1 is 0.612 bits per heavy atom. The number of aliphatic carboxylic acids is 1. The Balaban J connectivity index is 4.41. The van der Waals surface area contributed by atoms with Crippen molar-refractivity contribution >= 4 is 25.7 Å². The van der Waals surface area contributed by atoms with Crippen LogP contribution in [0.2, 0.25) is 0 Å². The van der Waals surface area contributed by atoms with Crippen molar-refractivity contribution in [2.45, 2.75) is 187 Å². The van der Waals surface area contributed by atoms with Crippen LogP contribution in [0.25, 0.3) is 0 Å². The van der Waals surface area contributed by atoms with Crippen LogP contribution in [0, 0.1) is 0 Å². The normalized spacial score (nSPS) is 14.0. The highest BCUT2D eigenvalue weighted by Gasteiger charge is 2.28. The Morgan fingerprint density at radius 3 is 1.55 bits per heavy atom. The first-order chi connectivity index (χ1) is 23.6. The lowest BCUT2D eigenvalue weighted by Crippen LogP contribution is -2.34. The van der Waals surface area contributed by atoms with Gasteiger partial charge in [-0.3, -0.25) is 23.4 Å². The van der Waals surface area contributed by atoms with Crippen molar-refractivity contribution in [2.24, 2.45) is 5.73 Å². The van der Waals surface area contributed by atoms with Gasteiger partial charge in [0.2, 0.25) is 0 Å². The molecule has 0 saturated carbocycles. The number of carboxylic acids is 1. The number of hydrogen-bond acceptors (Lipinski definition) is 9. The van der Waals surface area contributed by atoms with Gasteiger partial charge in [-0.1, -0.05) is 142 Å². The number of allylic oxidation sites excluding steroid dienone is 2. The monoisotopic (exact) mass is 719 g/mol. The van der Waals surface area contributed by atoms with Crippen LogP contribution in [-0.2, 0) is 37.5 Å². The fraction of sp³-hybridized carbons (Fsp3) is 0.865. The maximum absolute atomic E-state index is 12.5. The van der Waals surface area contributed by atoms with Gasteiger partial charge in [-0.25, -0.2) is 4.57 Å². The number of carboxylic acid groups (broad SMARTS) is 1. The zero-order valence-electron chi connectivity index (χ0n) is 30.8. The van der Waals surface area contributed by atoms with E-state index < -0.39 is 51.1 Å². The van der Waals surface area contributed by atoms with Gasteiger partial charge >= 0.3 is 25.7 Å². The SMILES string of the molecule is CCCCC=CCCCCCCCC(=O)OC(COC(=O)CCCCCCCCCCCCCCCC)COP(=O)(O)OCC(N)C(=O)O. The molecule has 0 aromatic carbocycles. The second-order valence-electron chi connectivity index (χ2n) is 13.1. The summed E-state index contributed by atoms with van der Waals surface area (Å²) in [5.41, 5.74) is 5.31. The second kappa shape index (κ2) is 33.4. The third-order valence-corrected chi connectivity index (χ3v) is 9.21. The van der Waals surface area contributed by atoms with Crippen molar-refractivity contribution in [2.75, 3.05) is 19.8 Å². The van der Waals surface area contributed by atoms with E-state index in [9.17, 15) is 23.8 Å². The molecule has 0 aromatic heterocycles. The fourth-order valence-electron chi connectivity index (χ4n) is 5.16. The topological polar surface area (TPSA) is 172 Å². The molecule has 0 saturated heterocycles. The largest absolute Gasteiger partial charge is 0.480 e. The summed E-state index contributed by atoms with van der Waals surface area (Å²) in [7, 11) is -4.70. The van der Waals surface area contributed by atoms with E-state index in [0.29, 0.717) is 12.8 Å². The summed E-state index contributed by atoms with van der Waals surface area (Å²) < 4.78 is 32.5. The van der Waals surface area contributed by atoms with E-state index in [2.05, 4.69) is 30.5 Å². The van der Waals surface area contributed by atoms with E-state index in [1.807, 2.05) is 0 Å². The summed E-state index contributed by atoms with van der Waals surface area (Å²) in [4.78, 5) is 45.7. The summed E-state index contributed by atoms with van der Waals surface area (Å²) in [6, 6.07) is -1.52. The number of rotatable bonds is 36. The summed E-state index contributed by atoms with van der Waals surface area (Å²) in [5.74, 6) is -2.38. The maximum atomic E-state index is 12.5. The van der Waals surface area contributed by atoms with Crippen molar-refractivity contribution in [3.8, 4) is 0 Å². The molecule has 0 radical (unpaired) electrons. The number of nitrogens with two attached hydrogens (primary N) is 1. The van der Waals surface area contributed by atoms with Crippen LogP contribution in [0.3, 0.4) is 0 Å². The van der Waals surface area contributed by atoms with Gasteiger partial charge in [-0.15, -0.1) is 0 Å². The number of carbonyl (C=O) groups is 3. The summed E-state index contributed by atoms with van der Waals surface area (Å²) in [6.07, 6.45) is 30.0. The molecule has 0 spiro atoms. The molecule has 0 heterocycles. The molecule has 288 valence electrons. The van der Waals surface area contributed by atoms with Crippen LogP contribution >= 0.6 is 7.82 Å². The number of phosphoric ester groups is 1. The first kappa shape index (κ1) is 47.2. The van der Waals surface area contributed by atoms with Crippen LogP contribution in [0.5, 0.6) is 0 Å². The van der Waals surface area contributed by atoms with Crippen LogP contribution in [0.4, 0.5) is 0 Å². The van der Waals surface area contributed by atoms with E-state index in [4.69, 9.17) is 24.8 Å². The second-order valence-corrected chi connectivity index (χ2v) is 14.5. The van der Waals surface area contributed by atoms with Crippen molar-refractivity contribution in [3.05, 3.63) is 12.2 Å². The Labute approximate surface area is 297 Å². The molecule has 0 aliphatic rings. The highest BCUT2D eigenvalue weighted by molar-refractivity contribution is 7.47. The molecule has 3 unspecified atom stereocenters. The quantitative estimate of drug-likeness (QED) is 0.0244. The number of hydrogen-bond donors (Lipinski definition) is 3. The first-order valence-corrected chi connectivity index (χ1v) is 20.7. The van der Waals surface area contributed by atoms with E-state index in [1.165, 1.54) is 77.0 Å². The van der Waals surface area contributed by atoms with Crippen LogP contribution in [-0.4, -0.2) is 59.9 Å². The van der Waals surface area contributed by atoms with E-state index >= 15 is 0 Å². The molecule has 3 atom stereocenters. The number of carbonyl (C=O) groups excluding carboxylic acids is 2. The highest BCUT2D eigenvalue weighted by atomic mass is 31.2. The van der Waals surface area contributed by atoms with E-state index in [0.717, 1.165) is 57.8 Å². The fourth-order valence-corrected chi connectivity index (χ4v) is 5.94. The minimum atomic E-state index is -4.70. The average Bonchev–Trinajstić information content (AvgIpc) is 3.07. The van der Waals surface area contributed by atoms with Crippen molar-refractivity contribution in [3.63, 3.8) is 0 Å². The standard InChI is InChI=1S/C37H70NO10P/c1-3-5-7-9-11-13-15-16-17-19-20-22-24-26-28-35(39)45-30-33(31-46-49(43,44)47-32-34(38)37(41)42)48-36(40)29-27-25-23-21-18-14-12-10-8-6-4-2/h10,12,33-34H,3-9,11,13-32,38H2,1-2H3,(H,41,42)(H,43,44). The molecule has 0 amide bonds. The molecular weight excluding hydrogens is 649 g/mol. The van der Waals surface area contributed by atoms with Gasteiger partial charge in [0.15, 0.2) is 6.10 Å². The van der Waals surface area contributed by atoms with E-state index in [1.54, 1.807) is 0 Å². The van der Waals surface area contributed by atoms with Crippen molar-refractivity contribution < 1.29 is 47.5 Å². The molecular formula is C37H70NO10P. The van der Waals surface area contributed by atoms with Gasteiger partial charge in [-0.05, 0) is 32.1 Å². The van der Waals surface area contributed by atoms with Gasteiger partial charge in [0.1, 0.15) is 12.6 Å². The Morgan fingerprint density at radius 2 is 1.04 bits per heavy atom. The molecule has 0 bridgehead atoms. The number of ether oxygens (including phenoxy) is 2. The summed E-state index contributed by atoms with van der Waals surface area (Å²) >= 11 is 0. The molecule has 0 aliphatic heterocycles. The Hall–Kier alpha value is -1.78. The first-order valence-electron chi connectivity index (χ1n) is 19.2. The zero-order valence-corrected chi connectivity index (χ0v) is 31.7. The predicted molar refractivity (Wildman–Crippen MR) is 194 cm³/mol. The van der Waals surface area contributed by atoms with Crippen LogP contribution < -0.4 is 5.73 Å². The zero-order chi connectivity index (χ0) is 36.4. The van der Waals surface area contributed by atoms with Gasteiger partial charge in [0.25, 0.3) is 0 Å². The van der Waals surface area contributed by atoms with Gasteiger partial charge in [-0.2, -0.15) is 0 Å². The molecule has 0 aromatic rings. The van der Waals surface area contributed by atoms with Gasteiger partial charge in [0.05, 0.1) is 13.2 Å². The average molecular weight is 720 g/mol. The number of esters is 2. The molecule has 0 rings (SSSR count). The lowest BCUT2D eigenvalue weighted by Gasteiger charge is -2.20. The number of phosphoric acid groups is 1. The molecule has 12 heteroatoms. The lowest BCUT2D eigenvalue weighted by molar-refractivity contribution is -0.161. The minimum absolute atomic E-state index is 0.154. The molecule has 11 nitrogen and oxygen atoms in total. The Kier molecular flexibility index (Phi) is 32.2. The van der Waals surface area contributed by atoms with Gasteiger partial charge < -0.3 is 25.2 Å². The summed E-state index contributed by atoms with van der Waals surface area (Å²) in [5, 5.41) is 8.85. The summed E-state index contributed by atoms with van der Waals surface area (Å²) in [6.45, 7) is 2.74. The minimum Gasteiger partial charge on any atom is -0.480 e. The van der Waals surface area contributed by atoms with Gasteiger partial charge in [0, 0.05) is 12.8 Å². The third-order valence-electron chi connectivity index (χ3n) is 8.26. The van der Waals surface area contributed by atoms with Crippen LogP contribution in [0.1, 0.15) is 174 Å². The van der Waals surface area contributed by atoms with Crippen LogP contribution in [0.15, 0.2) is 12.2 Å². The lowest BCUT2D eigenvalue weighted by atomic mass is 10.0. The smallest absolute Gasteiger partial charge is 0.472 e. The third kappa shape index (κ3) is 33.1. The molecule has 4 N–H and O–H groups in total. The Bertz CT molecular complexity index is 900. The maximum Gasteiger partial charge on any atom is 0.472 e. The number of unbranched alkanes of at least 4 members (excludes halogenated alkanes) is 20. The predicted octanol–water partition coefficient (Wildman–Crippen LogP) is 9.34. The van der Waals surface area contributed by atoms with Crippen molar-refractivity contribution in [1.82, 2.24) is 0 Å².